The van der Waals surface area contributed by atoms with Crippen molar-refractivity contribution in [1.82, 2.24) is 19.8 Å². The standard InChI is InChI=1S/C22H26N4O/c1-17-24-19-11-5-6-12-20(19)26(17)16-22(27)23-15-21(25-13-7-8-14-25)18-9-3-2-4-10-18/h2-6,9-12,21H,7-8,13-16H2,1H3,(H,23,27). The van der Waals surface area contributed by atoms with Crippen LogP contribution in [0.5, 0.6) is 0 Å². The molecular weight excluding hydrogens is 336 g/mol. The van der Waals surface area contributed by atoms with E-state index >= 15 is 0 Å². The number of para-hydroxylation sites is 2. The monoisotopic (exact) mass is 362 g/mol. The zero-order valence-corrected chi connectivity index (χ0v) is 15.8. The first-order valence-electron chi connectivity index (χ1n) is 9.70. The molecule has 1 fully saturated rings. The van der Waals surface area contributed by atoms with Crippen molar-refractivity contribution < 1.29 is 4.79 Å². The summed E-state index contributed by atoms with van der Waals surface area (Å²) in [6, 6.07) is 18.7. The summed E-state index contributed by atoms with van der Waals surface area (Å²) in [5, 5.41) is 3.16. The molecule has 1 N–H and O–H groups in total. The van der Waals surface area contributed by atoms with Gasteiger partial charge < -0.3 is 9.88 Å². The van der Waals surface area contributed by atoms with E-state index in [0.717, 1.165) is 29.9 Å². The molecular formula is C22H26N4O. The molecule has 3 aromatic rings. The number of fused-ring (bicyclic) bond motifs is 1. The van der Waals surface area contributed by atoms with Crippen LogP contribution >= 0.6 is 0 Å². The minimum absolute atomic E-state index is 0.0291. The number of aromatic nitrogens is 2. The summed E-state index contributed by atoms with van der Waals surface area (Å²) in [5.41, 5.74) is 3.20. The molecule has 0 saturated carbocycles. The lowest BCUT2D eigenvalue weighted by atomic mass is 10.1. The molecule has 2 aromatic carbocycles. The highest BCUT2D eigenvalue weighted by Crippen LogP contribution is 2.24. The van der Waals surface area contributed by atoms with Gasteiger partial charge in [-0.05, 0) is 50.6 Å². The van der Waals surface area contributed by atoms with Crippen LogP contribution in [0.2, 0.25) is 0 Å². The molecule has 0 bridgehead atoms. The Labute approximate surface area is 160 Å². The highest BCUT2D eigenvalue weighted by molar-refractivity contribution is 5.81. The van der Waals surface area contributed by atoms with Gasteiger partial charge in [0, 0.05) is 6.54 Å². The highest BCUT2D eigenvalue weighted by atomic mass is 16.1. The minimum atomic E-state index is 0.0291. The quantitative estimate of drug-likeness (QED) is 0.732. The number of rotatable bonds is 6. The van der Waals surface area contributed by atoms with E-state index in [1.165, 1.54) is 18.4 Å². The van der Waals surface area contributed by atoms with E-state index in [0.29, 0.717) is 13.1 Å². The van der Waals surface area contributed by atoms with Gasteiger partial charge in [-0.2, -0.15) is 0 Å². The molecule has 0 spiro atoms. The lowest BCUT2D eigenvalue weighted by Gasteiger charge is -2.28. The summed E-state index contributed by atoms with van der Waals surface area (Å²) >= 11 is 0. The van der Waals surface area contributed by atoms with Crippen LogP contribution in [0.1, 0.15) is 30.3 Å². The molecule has 1 aromatic heterocycles. The van der Waals surface area contributed by atoms with Crippen LogP contribution < -0.4 is 5.32 Å². The second kappa shape index (κ2) is 7.92. The lowest BCUT2D eigenvalue weighted by molar-refractivity contribution is -0.121. The van der Waals surface area contributed by atoms with Crippen molar-refractivity contribution in [2.75, 3.05) is 19.6 Å². The van der Waals surface area contributed by atoms with Gasteiger partial charge in [0.2, 0.25) is 5.91 Å². The van der Waals surface area contributed by atoms with Crippen LogP contribution in [0.3, 0.4) is 0 Å². The Morgan fingerprint density at radius 3 is 2.56 bits per heavy atom. The molecule has 5 heteroatoms. The van der Waals surface area contributed by atoms with Crippen molar-refractivity contribution in [1.29, 1.82) is 0 Å². The maximum absolute atomic E-state index is 12.7. The molecule has 1 atom stereocenters. The van der Waals surface area contributed by atoms with E-state index in [4.69, 9.17) is 0 Å². The number of nitrogens with one attached hydrogen (secondary N) is 1. The number of imidazole rings is 1. The Balaban J connectivity index is 1.46. The number of nitrogens with zero attached hydrogens (tertiary/aromatic N) is 3. The second-order valence-electron chi connectivity index (χ2n) is 7.21. The van der Waals surface area contributed by atoms with Gasteiger partial charge in [0.15, 0.2) is 0 Å². The van der Waals surface area contributed by atoms with Gasteiger partial charge in [0.1, 0.15) is 12.4 Å². The normalized spacial score (nSPS) is 15.9. The molecule has 1 amide bonds. The van der Waals surface area contributed by atoms with Crippen LogP contribution in [-0.4, -0.2) is 40.0 Å². The molecule has 1 aliphatic heterocycles. The lowest BCUT2D eigenvalue weighted by Crippen LogP contribution is -2.38. The number of hydrogen-bond acceptors (Lipinski definition) is 3. The van der Waals surface area contributed by atoms with E-state index in [9.17, 15) is 4.79 Å². The fourth-order valence-corrected chi connectivity index (χ4v) is 3.99. The maximum Gasteiger partial charge on any atom is 0.240 e. The number of benzene rings is 2. The van der Waals surface area contributed by atoms with E-state index in [1.54, 1.807) is 0 Å². The van der Waals surface area contributed by atoms with E-state index in [1.807, 2.05) is 41.8 Å². The van der Waals surface area contributed by atoms with Gasteiger partial charge in [-0.3, -0.25) is 9.69 Å². The average Bonchev–Trinajstić information content (AvgIpc) is 3.32. The predicted octanol–water partition coefficient (Wildman–Crippen LogP) is 3.30. The van der Waals surface area contributed by atoms with Crippen LogP contribution in [0.15, 0.2) is 54.6 Å². The third kappa shape index (κ3) is 3.88. The fraction of sp³-hybridized carbons (Fsp3) is 0.364. The number of hydrogen-bond donors (Lipinski definition) is 1. The third-order valence-corrected chi connectivity index (χ3v) is 5.41. The summed E-state index contributed by atoms with van der Waals surface area (Å²) in [6.45, 7) is 5.08. The van der Waals surface area contributed by atoms with Crippen molar-refractivity contribution in [3.8, 4) is 0 Å². The first kappa shape index (κ1) is 17.7. The predicted molar refractivity (Wildman–Crippen MR) is 107 cm³/mol. The van der Waals surface area contributed by atoms with Crippen LogP contribution in [0.25, 0.3) is 11.0 Å². The average molecular weight is 362 g/mol. The molecule has 140 valence electrons. The second-order valence-corrected chi connectivity index (χ2v) is 7.21. The van der Waals surface area contributed by atoms with E-state index < -0.39 is 0 Å². The molecule has 1 aliphatic rings. The zero-order chi connectivity index (χ0) is 18.6. The van der Waals surface area contributed by atoms with Gasteiger partial charge in [-0.15, -0.1) is 0 Å². The van der Waals surface area contributed by atoms with Crippen molar-refractivity contribution in [3.63, 3.8) is 0 Å². The largest absolute Gasteiger partial charge is 0.353 e. The Morgan fingerprint density at radius 2 is 1.78 bits per heavy atom. The summed E-state index contributed by atoms with van der Waals surface area (Å²) in [7, 11) is 0. The van der Waals surface area contributed by atoms with Crippen LogP contribution in [0, 0.1) is 6.92 Å². The number of aryl methyl sites for hydroxylation is 1. The number of amides is 1. The molecule has 2 heterocycles. The van der Waals surface area contributed by atoms with Crippen LogP contribution in [-0.2, 0) is 11.3 Å². The van der Waals surface area contributed by atoms with Crippen LogP contribution in [0.4, 0.5) is 0 Å². The Hall–Kier alpha value is -2.66. The number of likely N-dealkylation sites (tertiary alicyclic amines) is 1. The molecule has 0 aliphatic carbocycles. The summed E-state index contributed by atoms with van der Waals surface area (Å²) in [4.78, 5) is 19.7. The third-order valence-electron chi connectivity index (χ3n) is 5.41. The molecule has 0 radical (unpaired) electrons. The Kier molecular flexibility index (Phi) is 5.21. The Bertz CT molecular complexity index is 912. The van der Waals surface area contributed by atoms with Gasteiger partial charge >= 0.3 is 0 Å². The van der Waals surface area contributed by atoms with Crippen molar-refractivity contribution >= 4 is 16.9 Å². The Morgan fingerprint density at radius 1 is 1.07 bits per heavy atom. The molecule has 1 saturated heterocycles. The first-order chi connectivity index (χ1) is 13.2. The highest BCUT2D eigenvalue weighted by Gasteiger charge is 2.24. The zero-order valence-electron chi connectivity index (χ0n) is 15.8. The first-order valence-corrected chi connectivity index (χ1v) is 9.70. The van der Waals surface area contributed by atoms with Gasteiger partial charge in [0.05, 0.1) is 17.1 Å². The fourth-order valence-electron chi connectivity index (χ4n) is 3.99. The maximum atomic E-state index is 12.7. The SMILES string of the molecule is Cc1nc2ccccc2n1CC(=O)NCC(c1ccccc1)N1CCCC1. The molecule has 4 rings (SSSR count). The van der Waals surface area contributed by atoms with Crippen molar-refractivity contribution in [2.24, 2.45) is 0 Å². The molecule has 27 heavy (non-hydrogen) atoms. The summed E-state index contributed by atoms with van der Waals surface area (Å²) < 4.78 is 1.98. The van der Waals surface area contributed by atoms with E-state index in [2.05, 4.69) is 39.5 Å². The minimum Gasteiger partial charge on any atom is -0.353 e. The topological polar surface area (TPSA) is 50.2 Å². The van der Waals surface area contributed by atoms with Gasteiger partial charge in [0.25, 0.3) is 0 Å². The van der Waals surface area contributed by atoms with Crippen molar-refractivity contribution in [3.05, 3.63) is 66.0 Å². The van der Waals surface area contributed by atoms with Crippen molar-refractivity contribution in [2.45, 2.75) is 32.4 Å². The van der Waals surface area contributed by atoms with E-state index in [-0.39, 0.29) is 11.9 Å². The number of carbonyl (C=O) groups excluding carboxylic acids is 1. The van der Waals surface area contributed by atoms with Gasteiger partial charge in [-0.1, -0.05) is 42.5 Å². The summed E-state index contributed by atoms with van der Waals surface area (Å²) in [6.07, 6.45) is 2.47. The smallest absolute Gasteiger partial charge is 0.240 e. The van der Waals surface area contributed by atoms with Gasteiger partial charge in [-0.25, -0.2) is 4.98 Å². The number of carbonyl (C=O) groups is 1. The molecule has 1 unspecified atom stereocenters. The molecule has 5 nitrogen and oxygen atoms in total. The summed E-state index contributed by atoms with van der Waals surface area (Å²) in [5.74, 6) is 0.895.